The van der Waals surface area contributed by atoms with Crippen molar-refractivity contribution in [1.29, 1.82) is 0 Å². The van der Waals surface area contributed by atoms with Gasteiger partial charge in [-0.1, -0.05) is 37.6 Å². The summed E-state index contributed by atoms with van der Waals surface area (Å²) in [6.07, 6.45) is 0. The fourth-order valence-corrected chi connectivity index (χ4v) is 1.68. The molecule has 0 spiro atoms. The maximum atomic E-state index is 5.85. The van der Waals surface area contributed by atoms with E-state index in [-0.39, 0.29) is 0 Å². The smallest absolute Gasteiger partial charge is 0.220 e. The lowest BCUT2D eigenvalue weighted by atomic mass is 10.1. The predicted molar refractivity (Wildman–Crippen MR) is 71.0 cm³/mol. The molecule has 1 aromatic carbocycles. The van der Waals surface area contributed by atoms with Gasteiger partial charge in [0, 0.05) is 16.3 Å². The second-order valence-electron chi connectivity index (χ2n) is 4.20. The largest absolute Gasteiger partial charge is 0.368 e. The van der Waals surface area contributed by atoms with E-state index in [4.69, 9.17) is 17.3 Å². The molecule has 0 aliphatic rings. The van der Waals surface area contributed by atoms with Gasteiger partial charge in [0.15, 0.2) is 0 Å². The van der Waals surface area contributed by atoms with Gasteiger partial charge in [0.25, 0.3) is 0 Å². The molecule has 88 valence electrons. The van der Waals surface area contributed by atoms with E-state index >= 15 is 0 Å². The Bertz CT molecular complexity index is 521. The molecule has 2 rings (SSSR count). The third-order valence-electron chi connectivity index (χ3n) is 2.49. The van der Waals surface area contributed by atoms with Crippen molar-refractivity contribution in [3.63, 3.8) is 0 Å². The Hall–Kier alpha value is -1.61. The topological polar surface area (TPSA) is 51.8 Å². The molecule has 0 aliphatic carbocycles. The zero-order valence-corrected chi connectivity index (χ0v) is 10.6. The average molecular weight is 248 g/mol. The molecule has 3 nitrogen and oxygen atoms in total. The van der Waals surface area contributed by atoms with Crippen molar-refractivity contribution in [2.45, 2.75) is 19.8 Å². The predicted octanol–water partition coefficient (Wildman–Crippen LogP) is 3.50. The third-order valence-corrected chi connectivity index (χ3v) is 2.75. The van der Waals surface area contributed by atoms with Gasteiger partial charge in [-0.25, -0.2) is 9.97 Å². The van der Waals surface area contributed by atoms with Crippen LogP contribution in [0.15, 0.2) is 30.3 Å². The van der Waals surface area contributed by atoms with Crippen molar-refractivity contribution >= 4 is 17.5 Å². The van der Waals surface area contributed by atoms with E-state index in [1.54, 1.807) is 0 Å². The van der Waals surface area contributed by atoms with Crippen LogP contribution in [-0.2, 0) is 0 Å². The summed E-state index contributed by atoms with van der Waals surface area (Å²) in [6.45, 7) is 4.15. The number of rotatable bonds is 2. The SMILES string of the molecule is CC(C)c1cc(-c2ccc(Cl)cc2)nc(N)n1. The first kappa shape index (κ1) is 11.9. The first-order valence-corrected chi connectivity index (χ1v) is 5.84. The molecule has 0 unspecified atom stereocenters. The third kappa shape index (κ3) is 2.74. The molecule has 4 heteroatoms. The second kappa shape index (κ2) is 4.72. The molecule has 17 heavy (non-hydrogen) atoms. The Kier molecular flexibility index (Phi) is 3.29. The Labute approximate surface area is 106 Å². The van der Waals surface area contributed by atoms with Crippen LogP contribution in [0.2, 0.25) is 5.02 Å². The summed E-state index contributed by atoms with van der Waals surface area (Å²) >= 11 is 5.85. The summed E-state index contributed by atoms with van der Waals surface area (Å²) in [5.74, 6) is 0.632. The van der Waals surface area contributed by atoms with Gasteiger partial charge in [-0.05, 0) is 24.1 Å². The highest BCUT2D eigenvalue weighted by atomic mass is 35.5. The maximum Gasteiger partial charge on any atom is 0.220 e. The zero-order valence-electron chi connectivity index (χ0n) is 9.81. The van der Waals surface area contributed by atoms with Crippen LogP contribution < -0.4 is 5.73 Å². The number of hydrogen-bond acceptors (Lipinski definition) is 3. The van der Waals surface area contributed by atoms with Crippen LogP contribution in [0.4, 0.5) is 5.95 Å². The Morgan fingerprint density at radius 2 is 1.76 bits per heavy atom. The van der Waals surface area contributed by atoms with Crippen LogP contribution in [0, 0.1) is 0 Å². The van der Waals surface area contributed by atoms with Crippen LogP contribution in [0.5, 0.6) is 0 Å². The van der Waals surface area contributed by atoms with E-state index in [0.29, 0.717) is 16.9 Å². The summed E-state index contributed by atoms with van der Waals surface area (Å²) in [6, 6.07) is 9.49. The Balaban J connectivity index is 2.48. The van der Waals surface area contributed by atoms with Gasteiger partial charge in [-0.3, -0.25) is 0 Å². The van der Waals surface area contributed by atoms with Gasteiger partial charge in [-0.15, -0.1) is 0 Å². The molecule has 0 aliphatic heterocycles. The lowest BCUT2D eigenvalue weighted by Crippen LogP contribution is -2.02. The molecule has 0 saturated carbocycles. The van der Waals surface area contributed by atoms with Gasteiger partial charge >= 0.3 is 0 Å². The number of aromatic nitrogens is 2. The van der Waals surface area contributed by atoms with E-state index < -0.39 is 0 Å². The molecule has 0 fully saturated rings. The number of nitrogens with two attached hydrogens (primary N) is 1. The summed E-state index contributed by atoms with van der Waals surface area (Å²) in [4.78, 5) is 8.46. The molecular formula is C13H14ClN3. The van der Waals surface area contributed by atoms with Crippen LogP contribution in [0.3, 0.4) is 0 Å². The highest BCUT2D eigenvalue weighted by Gasteiger charge is 2.07. The van der Waals surface area contributed by atoms with Crippen molar-refractivity contribution in [2.75, 3.05) is 5.73 Å². The molecular weight excluding hydrogens is 234 g/mol. The van der Waals surface area contributed by atoms with E-state index in [0.717, 1.165) is 17.0 Å². The summed E-state index contributed by atoms with van der Waals surface area (Å²) in [5, 5.41) is 0.708. The first-order valence-electron chi connectivity index (χ1n) is 5.46. The van der Waals surface area contributed by atoms with Crippen molar-refractivity contribution < 1.29 is 0 Å². The normalized spacial score (nSPS) is 10.8. The van der Waals surface area contributed by atoms with E-state index in [1.807, 2.05) is 30.3 Å². The number of halogens is 1. The van der Waals surface area contributed by atoms with Crippen LogP contribution >= 0.6 is 11.6 Å². The number of nitrogens with zero attached hydrogens (tertiary/aromatic N) is 2. The zero-order chi connectivity index (χ0) is 12.4. The quantitative estimate of drug-likeness (QED) is 0.884. The summed E-state index contributed by atoms with van der Waals surface area (Å²) in [5.41, 5.74) is 8.49. The van der Waals surface area contributed by atoms with Gasteiger partial charge < -0.3 is 5.73 Å². The molecule has 2 aromatic rings. The van der Waals surface area contributed by atoms with Gasteiger partial charge in [0.1, 0.15) is 0 Å². The molecule has 0 amide bonds. The van der Waals surface area contributed by atoms with E-state index in [1.165, 1.54) is 0 Å². The fraction of sp³-hybridized carbons (Fsp3) is 0.231. The standard InChI is InChI=1S/C13H14ClN3/c1-8(2)11-7-12(17-13(15)16-11)9-3-5-10(14)6-4-9/h3-8H,1-2H3,(H2,15,16,17). The highest BCUT2D eigenvalue weighted by Crippen LogP contribution is 2.23. The molecule has 2 N–H and O–H groups in total. The fourth-order valence-electron chi connectivity index (χ4n) is 1.55. The van der Waals surface area contributed by atoms with E-state index in [2.05, 4.69) is 23.8 Å². The minimum absolute atomic E-state index is 0.307. The van der Waals surface area contributed by atoms with Gasteiger partial charge in [0.2, 0.25) is 5.95 Å². The summed E-state index contributed by atoms with van der Waals surface area (Å²) in [7, 11) is 0. The Morgan fingerprint density at radius 3 is 2.35 bits per heavy atom. The van der Waals surface area contributed by atoms with Crippen molar-refractivity contribution in [2.24, 2.45) is 0 Å². The van der Waals surface area contributed by atoms with Crippen molar-refractivity contribution in [3.05, 3.63) is 41.0 Å². The number of nitrogen functional groups attached to an aromatic ring is 1. The molecule has 1 aromatic heterocycles. The van der Waals surface area contributed by atoms with Gasteiger partial charge in [-0.2, -0.15) is 0 Å². The molecule has 0 bridgehead atoms. The molecule has 0 atom stereocenters. The van der Waals surface area contributed by atoms with Crippen LogP contribution in [-0.4, -0.2) is 9.97 Å². The lowest BCUT2D eigenvalue weighted by Gasteiger charge is -2.08. The minimum Gasteiger partial charge on any atom is -0.368 e. The minimum atomic E-state index is 0.307. The lowest BCUT2D eigenvalue weighted by molar-refractivity contribution is 0.819. The average Bonchev–Trinajstić information content (AvgIpc) is 2.29. The van der Waals surface area contributed by atoms with Crippen molar-refractivity contribution in [3.8, 4) is 11.3 Å². The van der Waals surface area contributed by atoms with Crippen LogP contribution in [0.1, 0.15) is 25.5 Å². The maximum absolute atomic E-state index is 5.85. The number of anilines is 1. The number of benzene rings is 1. The summed E-state index contributed by atoms with van der Waals surface area (Å²) < 4.78 is 0. The monoisotopic (exact) mass is 247 g/mol. The Morgan fingerprint density at radius 1 is 1.12 bits per heavy atom. The first-order chi connectivity index (χ1) is 8.06. The van der Waals surface area contributed by atoms with Gasteiger partial charge in [0.05, 0.1) is 5.69 Å². The molecule has 0 saturated heterocycles. The second-order valence-corrected chi connectivity index (χ2v) is 4.63. The van der Waals surface area contributed by atoms with Crippen LogP contribution in [0.25, 0.3) is 11.3 Å². The highest BCUT2D eigenvalue weighted by molar-refractivity contribution is 6.30. The molecule has 0 radical (unpaired) electrons. The van der Waals surface area contributed by atoms with E-state index in [9.17, 15) is 0 Å². The number of hydrogen-bond donors (Lipinski definition) is 1. The van der Waals surface area contributed by atoms with Crippen molar-refractivity contribution in [1.82, 2.24) is 9.97 Å². The molecule has 1 heterocycles.